The second kappa shape index (κ2) is 6.37. The third-order valence-electron chi connectivity index (χ3n) is 5.45. The van der Waals surface area contributed by atoms with Gasteiger partial charge < -0.3 is 15.1 Å². The van der Waals surface area contributed by atoms with Gasteiger partial charge in [0.05, 0.1) is 0 Å². The molecule has 0 bridgehead atoms. The molecule has 2 N–H and O–H groups in total. The van der Waals surface area contributed by atoms with Gasteiger partial charge in [-0.2, -0.15) is 0 Å². The minimum Gasteiger partial charge on any atom is -0.441 e. The molecular formula is C19H22N4O4. The van der Waals surface area contributed by atoms with Crippen LogP contribution in [-0.4, -0.2) is 39.8 Å². The monoisotopic (exact) mass is 370 g/mol. The number of aryl methyl sites for hydroxylation is 1. The molecule has 0 radical (unpaired) electrons. The minimum absolute atomic E-state index is 0.294. The molecule has 0 unspecified atom stereocenters. The molecule has 8 heteroatoms. The van der Waals surface area contributed by atoms with Gasteiger partial charge in [0.25, 0.3) is 5.91 Å². The van der Waals surface area contributed by atoms with Crippen LogP contribution in [0.1, 0.15) is 38.5 Å². The summed E-state index contributed by atoms with van der Waals surface area (Å²) in [6.45, 7) is 3.59. The molecule has 1 saturated carbocycles. The maximum absolute atomic E-state index is 12.8. The molecule has 1 aliphatic carbocycles. The van der Waals surface area contributed by atoms with Gasteiger partial charge in [-0.05, 0) is 49.8 Å². The van der Waals surface area contributed by atoms with Gasteiger partial charge in [0.1, 0.15) is 17.6 Å². The van der Waals surface area contributed by atoms with Gasteiger partial charge in [0.15, 0.2) is 11.5 Å². The van der Waals surface area contributed by atoms with Gasteiger partial charge in [-0.1, -0.05) is 6.92 Å². The molecule has 27 heavy (non-hydrogen) atoms. The normalized spacial score (nSPS) is 25.3. The van der Waals surface area contributed by atoms with Crippen LogP contribution < -0.4 is 10.6 Å². The summed E-state index contributed by atoms with van der Waals surface area (Å²) in [5, 5.41) is 5.54. The van der Waals surface area contributed by atoms with Crippen molar-refractivity contribution in [2.45, 2.75) is 45.1 Å². The number of benzene rings is 1. The molecule has 2 heterocycles. The lowest BCUT2D eigenvalue weighted by molar-refractivity contribution is -0.135. The zero-order valence-corrected chi connectivity index (χ0v) is 15.4. The van der Waals surface area contributed by atoms with Crippen molar-refractivity contribution in [2.75, 3.05) is 11.9 Å². The predicted octanol–water partition coefficient (Wildman–Crippen LogP) is 2.58. The average Bonchev–Trinajstić information content (AvgIpc) is 3.09. The molecule has 4 amide bonds. The van der Waals surface area contributed by atoms with E-state index in [4.69, 9.17) is 4.42 Å². The fraction of sp³-hybridized carbons (Fsp3) is 0.474. The van der Waals surface area contributed by atoms with Crippen molar-refractivity contribution in [3.8, 4) is 0 Å². The number of nitrogens with zero attached hydrogens (tertiary/aromatic N) is 2. The summed E-state index contributed by atoms with van der Waals surface area (Å²) in [7, 11) is 0. The van der Waals surface area contributed by atoms with Gasteiger partial charge in [0, 0.05) is 12.6 Å². The van der Waals surface area contributed by atoms with Crippen molar-refractivity contribution in [1.82, 2.24) is 15.2 Å². The number of hydrogen-bond donors (Lipinski definition) is 2. The van der Waals surface area contributed by atoms with Crippen LogP contribution in [0.15, 0.2) is 22.6 Å². The fourth-order valence-corrected chi connectivity index (χ4v) is 3.88. The first kappa shape index (κ1) is 17.5. The van der Waals surface area contributed by atoms with E-state index in [1.807, 2.05) is 0 Å². The van der Waals surface area contributed by atoms with Gasteiger partial charge in [0.2, 0.25) is 5.91 Å². The van der Waals surface area contributed by atoms with Gasteiger partial charge in [-0.15, -0.1) is 0 Å². The van der Waals surface area contributed by atoms with E-state index in [1.54, 1.807) is 25.1 Å². The Morgan fingerprint density at radius 2 is 2.11 bits per heavy atom. The molecular weight excluding hydrogens is 348 g/mol. The Bertz CT molecular complexity index is 927. The molecule has 1 spiro atoms. The number of carbonyl (C=O) groups excluding carboxylic acids is 3. The largest absolute Gasteiger partial charge is 0.441 e. The van der Waals surface area contributed by atoms with Gasteiger partial charge in [-0.3, -0.25) is 14.5 Å². The van der Waals surface area contributed by atoms with Gasteiger partial charge >= 0.3 is 6.03 Å². The highest BCUT2D eigenvalue weighted by Gasteiger charge is 2.52. The van der Waals surface area contributed by atoms with Crippen molar-refractivity contribution in [2.24, 2.45) is 5.92 Å². The number of urea groups is 1. The summed E-state index contributed by atoms with van der Waals surface area (Å²) in [4.78, 5) is 42.7. The predicted molar refractivity (Wildman–Crippen MR) is 98.0 cm³/mol. The molecule has 1 aromatic carbocycles. The molecule has 0 atom stereocenters. The highest BCUT2D eigenvalue weighted by molar-refractivity contribution is 6.10. The maximum Gasteiger partial charge on any atom is 0.325 e. The van der Waals surface area contributed by atoms with Crippen molar-refractivity contribution < 1.29 is 18.8 Å². The SMILES string of the molecule is Cc1nc2cc(NC(=O)CN3C(=O)NC4(CCC(C)CC4)C3=O)ccc2o1. The van der Waals surface area contributed by atoms with E-state index in [0.29, 0.717) is 41.4 Å². The molecule has 8 nitrogen and oxygen atoms in total. The number of amides is 4. The molecule has 2 aromatic rings. The third kappa shape index (κ3) is 3.15. The Balaban J connectivity index is 1.44. The quantitative estimate of drug-likeness (QED) is 0.808. The Morgan fingerprint density at radius 3 is 2.85 bits per heavy atom. The molecule has 142 valence electrons. The van der Waals surface area contributed by atoms with E-state index in [0.717, 1.165) is 17.7 Å². The lowest BCUT2D eigenvalue weighted by Crippen LogP contribution is -2.49. The van der Waals surface area contributed by atoms with Gasteiger partial charge in [-0.25, -0.2) is 9.78 Å². The molecule has 4 rings (SSSR count). The number of hydrogen-bond acceptors (Lipinski definition) is 5. The standard InChI is InChI=1S/C19H22N4O4/c1-11-5-7-19(8-6-11)17(25)23(18(26)22-19)10-16(24)21-13-3-4-15-14(9-13)20-12(2)27-15/h3-4,9,11H,5-8,10H2,1-2H3,(H,21,24)(H,22,26). The molecule has 1 aromatic heterocycles. The van der Waals surface area contributed by atoms with Crippen molar-refractivity contribution in [1.29, 1.82) is 0 Å². The number of aromatic nitrogens is 1. The van der Waals surface area contributed by atoms with E-state index in [2.05, 4.69) is 22.5 Å². The van der Waals surface area contributed by atoms with Crippen LogP contribution in [0.25, 0.3) is 11.1 Å². The third-order valence-corrected chi connectivity index (χ3v) is 5.45. The van der Waals surface area contributed by atoms with Crippen molar-refractivity contribution in [3.63, 3.8) is 0 Å². The van der Waals surface area contributed by atoms with Crippen LogP contribution in [0.2, 0.25) is 0 Å². The topological polar surface area (TPSA) is 105 Å². The lowest BCUT2D eigenvalue weighted by atomic mass is 9.77. The zero-order chi connectivity index (χ0) is 19.2. The lowest BCUT2D eigenvalue weighted by Gasteiger charge is -2.33. The number of anilines is 1. The van der Waals surface area contributed by atoms with E-state index in [-0.39, 0.29) is 12.5 Å². The zero-order valence-electron chi connectivity index (χ0n) is 15.4. The number of oxazole rings is 1. The van der Waals surface area contributed by atoms with Crippen LogP contribution in [0, 0.1) is 12.8 Å². The highest BCUT2D eigenvalue weighted by Crippen LogP contribution is 2.36. The minimum atomic E-state index is -0.832. The Hall–Kier alpha value is -2.90. The van der Waals surface area contributed by atoms with Crippen LogP contribution in [0.4, 0.5) is 10.5 Å². The highest BCUT2D eigenvalue weighted by atomic mass is 16.3. The summed E-state index contributed by atoms with van der Waals surface area (Å²) >= 11 is 0. The van der Waals surface area contributed by atoms with Crippen LogP contribution in [0.3, 0.4) is 0 Å². The van der Waals surface area contributed by atoms with Crippen LogP contribution >= 0.6 is 0 Å². The Morgan fingerprint density at radius 1 is 1.37 bits per heavy atom. The fourth-order valence-electron chi connectivity index (χ4n) is 3.88. The first-order valence-corrected chi connectivity index (χ1v) is 9.17. The molecule has 1 aliphatic heterocycles. The Kier molecular flexibility index (Phi) is 4.13. The summed E-state index contributed by atoms with van der Waals surface area (Å²) in [5.41, 5.74) is 0.971. The van der Waals surface area contributed by atoms with Crippen LogP contribution in [-0.2, 0) is 9.59 Å². The molecule has 2 fully saturated rings. The number of rotatable bonds is 3. The number of fused-ring (bicyclic) bond motifs is 1. The number of carbonyl (C=O) groups is 3. The van der Waals surface area contributed by atoms with Crippen LogP contribution in [0.5, 0.6) is 0 Å². The second-order valence-electron chi connectivity index (χ2n) is 7.55. The number of nitrogens with one attached hydrogen (secondary N) is 2. The van der Waals surface area contributed by atoms with E-state index < -0.39 is 17.5 Å². The summed E-state index contributed by atoms with van der Waals surface area (Å²) in [6.07, 6.45) is 3.03. The first-order valence-electron chi connectivity index (χ1n) is 9.17. The van der Waals surface area contributed by atoms with E-state index in [1.165, 1.54) is 0 Å². The second-order valence-corrected chi connectivity index (χ2v) is 7.55. The smallest absolute Gasteiger partial charge is 0.325 e. The summed E-state index contributed by atoms with van der Waals surface area (Å²) < 4.78 is 5.41. The molecule has 2 aliphatic rings. The van der Waals surface area contributed by atoms with E-state index >= 15 is 0 Å². The first-order chi connectivity index (χ1) is 12.9. The van der Waals surface area contributed by atoms with Crippen molar-refractivity contribution in [3.05, 3.63) is 24.1 Å². The van der Waals surface area contributed by atoms with Crippen molar-refractivity contribution >= 4 is 34.6 Å². The summed E-state index contributed by atoms with van der Waals surface area (Å²) in [5.74, 6) is 0.365. The summed E-state index contributed by atoms with van der Waals surface area (Å²) in [6, 6.07) is 4.62. The van der Waals surface area contributed by atoms with E-state index in [9.17, 15) is 14.4 Å². The maximum atomic E-state index is 12.8. The average molecular weight is 370 g/mol. The Labute approximate surface area is 156 Å². The number of imide groups is 1. The molecule has 1 saturated heterocycles.